The quantitative estimate of drug-likeness (QED) is 0.0296. The van der Waals surface area contributed by atoms with Crippen LogP contribution < -0.4 is 48.3 Å². The highest BCUT2D eigenvalue weighted by Crippen LogP contribution is 2.39. The summed E-state index contributed by atoms with van der Waals surface area (Å²) in [7, 11) is 0. The average molecular weight is 1580 g/mol. The van der Waals surface area contributed by atoms with Crippen LogP contribution >= 0.6 is 0 Å². The number of primary amides is 1. The first-order valence-electron chi connectivity index (χ1n) is 38.3. The van der Waals surface area contributed by atoms with Crippen molar-refractivity contribution in [3.63, 3.8) is 0 Å². The van der Waals surface area contributed by atoms with Crippen molar-refractivity contribution in [3.05, 3.63) is 96.7 Å². The van der Waals surface area contributed by atoms with Gasteiger partial charge in [0.05, 0.1) is 62.0 Å². The molecule has 34 nitrogen and oxygen atoms in total. The number of allylic oxidation sites excluding steroid dienone is 7. The minimum atomic E-state index is -2.54. The van der Waals surface area contributed by atoms with Gasteiger partial charge >= 0.3 is 5.97 Å². The Morgan fingerprint density at radius 1 is 0.643 bits per heavy atom. The molecule has 4 saturated heterocycles. The number of nitrogens with one attached hydrogen (secondary N) is 8. The topological polar surface area (TPSA) is 535 Å². The Hall–Kier alpha value is -8.52. The number of carbonyl (C=O) groups is 12. The zero-order valence-electron chi connectivity index (χ0n) is 64.7. The van der Waals surface area contributed by atoms with Crippen LogP contribution in [0.5, 0.6) is 0 Å². The molecule has 112 heavy (non-hydrogen) atoms. The average Bonchev–Trinajstić information content (AvgIpc) is 1.68. The molecule has 0 aromatic carbocycles. The van der Waals surface area contributed by atoms with Crippen molar-refractivity contribution in [1.82, 2.24) is 42.5 Å². The van der Waals surface area contributed by atoms with E-state index in [1.165, 1.54) is 32.9 Å². The van der Waals surface area contributed by atoms with Crippen LogP contribution in [0.2, 0.25) is 0 Å². The number of hydrogen-bond donors (Lipinski definition) is 17. The number of esters is 1. The lowest BCUT2D eigenvalue weighted by Crippen LogP contribution is -2.64. The van der Waals surface area contributed by atoms with Crippen molar-refractivity contribution in [2.24, 2.45) is 35.3 Å². The van der Waals surface area contributed by atoms with Gasteiger partial charge in [-0.05, 0) is 89.7 Å². The first-order valence-corrected chi connectivity index (χ1v) is 38.3. The maximum absolute atomic E-state index is 14.1. The summed E-state index contributed by atoms with van der Waals surface area (Å²) in [5.41, 5.74) is 5.94. The second-order valence-corrected chi connectivity index (χ2v) is 30.0. The van der Waals surface area contributed by atoms with Crippen molar-refractivity contribution >= 4 is 70.7 Å². The van der Waals surface area contributed by atoms with Crippen molar-refractivity contribution < 1.29 is 122 Å². The third-order valence-corrected chi connectivity index (χ3v) is 20.6. The van der Waals surface area contributed by atoms with Crippen LogP contribution in [0.25, 0.3) is 0 Å². The predicted molar refractivity (Wildman–Crippen MR) is 402 cm³/mol. The van der Waals surface area contributed by atoms with Gasteiger partial charge in [0.1, 0.15) is 66.8 Å². The Balaban J connectivity index is 1.09. The van der Waals surface area contributed by atoms with E-state index < -0.39 is 218 Å². The minimum Gasteiger partial charge on any atom is -0.452 e. The molecule has 26 unspecified atom stereocenters. The van der Waals surface area contributed by atoms with E-state index >= 15 is 0 Å². The van der Waals surface area contributed by atoms with Gasteiger partial charge in [-0.25, -0.2) is 4.79 Å². The van der Waals surface area contributed by atoms with E-state index in [-0.39, 0.29) is 55.0 Å². The number of unbranched alkanes of at least 4 members (excludes halogenated alkanes) is 1. The summed E-state index contributed by atoms with van der Waals surface area (Å²) in [4.78, 5) is 162. The summed E-state index contributed by atoms with van der Waals surface area (Å²) in [6, 6.07) is -11.7. The fraction of sp³-hybridized carbons (Fsp3) is 0.641. The standard InChI is InChI=1S/C78H115N9O25/c1-39(2)48-33-53(93)50(38-88)84-74(103)49(83-77(106)65(46(9)90)85-75(104)54(94)37-81-76(105)64(45(8)89)86-78(107)66(87-73(48)102)68(98)69(99)71(79)100)36-80-72(101)44(7)82-62(95)28-20-19-22-40(3)32-41(4)70-58-31-30-47(108-70)23-15-11-10-12-16-24-51(91)67(97)61-34-52(92)42(5)55(110-61)26-21-27-56-43(6)59-35-60(109-56)57(111-59)25-17-13-14-18-29-63(96)112-58/h11,13-18,21,24-25,27,29-32,39-40,42-45,47-52,54-61,64-70,88-89,91-92,94,97-99H,10,12,19-20,22-23,26,28,33-38H2,1-9H3,(H2,79,100)(H,80,101)(H,81,105)(H,82,95)(H,83,106)(H,84,103)(H,85,104)(H,86,107)(H,87,102)/b14-13-,15-11+,24-16+,25-17+,27-21+,29-18-,41-32+. The van der Waals surface area contributed by atoms with Crippen LogP contribution in [0.3, 0.4) is 0 Å². The molecule has 7 heterocycles. The van der Waals surface area contributed by atoms with Gasteiger partial charge in [0, 0.05) is 56.1 Å². The molecule has 9 amide bonds. The largest absolute Gasteiger partial charge is 0.452 e. The highest BCUT2D eigenvalue weighted by molar-refractivity contribution is 6.08. The van der Waals surface area contributed by atoms with E-state index in [1.807, 2.05) is 80.0 Å². The number of aliphatic hydroxyl groups excluding tert-OH is 8. The van der Waals surface area contributed by atoms with E-state index in [4.69, 9.17) is 29.4 Å². The fourth-order valence-corrected chi connectivity index (χ4v) is 13.6. The van der Waals surface area contributed by atoms with Gasteiger partial charge in [0.2, 0.25) is 41.4 Å². The number of carbonyl (C=O) groups excluding carboxylic acids is 12. The summed E-state index contributed by atoms with van der Waals surface area (Å²) in [5, 5.41) is 104. The van der Waals surface area contributed by atoms with Crippen molar-refractivity contribution in [2.45, 2.75) is 267 Å². The number of hydrogen-bond acceptors (Lipinski definition) is 25. The zero-order valence-corrected chi connectivity index (χ0v) is 64.7. The van der Waals surface area contributed by atoms with Crippen LogP contribution in [0.4, 0.5) is 0 Å². The molecule has 4 fully saturated rings. The van der Waals surface area contributed by atoms with Gasteiger partial charge in [-0.1, -0.05) is 120 Å². The highest BCUT2D eigenvalue weighted by atomic mass is 16.6. The van der Waals surface area contributed by atoms with E-state index in [0.717, 1.165) is 25.8 Å². The lowest BCUT2D eigenvalue weighted by molar-refractivity contribution is -0.175. The van der Waals surface area contributed by atoms with Gasteiger partial charge in [0.25, 0.3) is 11.8 Å². The fourth-order valence-electron chi connectivity index (χ4n) is 13.6. The molecule has 18 N–H and O–H groups in total. The summed E-state index contributed by atoms with van der Waals surface area (Å²) < 4.78 is 31.8. The monoisotopic (exact) mass is 1580 g/mol. The lowest BCUT2D eigenvalue weighted by atomic mass is 9.85. The molecule has 7 aliphatic heterocycles. The number of ether oxygens (including phenoxy) is 5. The van der Waals surface area contributed by atoms with Gasteiger partial charge in [-0.15, -0.1) is 0 Å². The second-order valence-electron chi connectivity index (χ2n) is 30.0. The summed E-state index contributed by atoms with van der Waals surface area (Å²) in [6.45, 7) is 10.9. The zero-order chi connectivity index (χ0) is 82.8. The number of nitrogens with two attached hydrogens (primary N) is 1. The highest BCUT2D eigenvalue weighted by Gasteiger charge is 2.47. The van der Waals surface area contributed by atoms with Crippen LogP contribution in [0, 0.1) is 29.6 Å². The van der Waals surface area contributed by atoms with Gasteiger partial charge in [-0.2, -0.15) is 0 Å². The Kier molecular flexibility index (Phi) is 36.9. The SMILES string of the molecule is CC(=O)C1NC(=O)C(O)CNC(=O)C(C(C)O)NC(=O)C(C(O)C(O)C(N)=O)NC(=O)C(C(C)C)CC(=O)C(CO)NC(=O)C(CNC(=O)C(C)NC(=O)CCCCC(C)/C=C(\C)C2OC3C=CC2OC(=O)\C=C/C=C\C=C\C2OC4CC2OC(/C=C/CC2OC(CC(O)C2C)C(O)C(O)/C=C/CC/C=C/C3)C4C)NC1=O. The van der Waals surface area contributed by atoms with Crippen LogP contribution in [-0.2, 0) is 81.2 Å². The molecule has 7 bridgehead atoms. The predicted octanol–water partition coefficient (Wildman–Crippen LogP) is -2.35. The summed E-state index contributed by atoms with van der Waals surface area (Å²) in [6.07, 6.45) is 14.4. The summed E-state index contributed by atoms with van der Waals surface area (Å²) >= 11 is 0. The molecule has 26 atom stereocenters. The third-order valence-electron chi connectivity index (χ3n) is 20.6. The molecular formula is C78H115N9O25. The molecule has 0 aromatic heterocycles. The number of β-amino-alcohol motifs (C(OH)–C–C–N with tert-alkyl or cyclic N) is 1. The number of ketones is 2. The van der Waals surface area contributed by atoms with Crippen LogP contribution in [0.1, 0.15) is 133 Å². The molecule has 0 radical (unpaired) electrons. The maximum atomic E-state index is 14.1. The minimum absolute atomic E-state index is 0.0323. The molecule has 0 spiro atoms. The Bertz CT molecular complexity index is 3520. The number of fused-ring (bicyclic) bond motifs is 13. The smallest absolute Gasteiger partial charge is 0.331 e. The van der Waals surface area contributed by atoms with Crippen LogP contribution in [-0.4, -0.2) is 265 Å². The van der Waals surface area contributed by atoms with Gasteiger partial charge < -0.3 is 113 Å². The lowest BCUT2D eigenvalue weighted by Gasteiger charge is -2.40. The molecule has 7 rings (SSSR count). The normalized spacial score (nSPS) is 35.3. The van der Waals surface area contributed by atoms with Crippen molar-refractivity contribution in [2.75, 3.05) is 19.7 Å². The number of Topliss-reactive ketones (excluding diaryl/α,β-unsaturated/α-hetero) is 2. The molecule has 0 aromatic rings. The van der Waals surface area contributed by atoms with E-state index in [2.05, 4.69) is 38.8 Å². The van der Waals surface area contributed by atoms with E-state index in [0.29, 0.717) is 44.9 Å². The Morgan fingerprint density at radius 3 is 2.02 bits per heavy atom. The Morgan fingerprint density at radius 2 is 1.33 bits per heavy atom. The van der Waals surface area contributed by atoms with Crippen molar-refractivity contribution in [3.8, 4) is 0 Å². The second kappa shape index (κ2) is 44.8. The Labute approximate surface area is 651 Å². The third kappa shape index (κ3) is 27.7. The first kappa shape index (κ1) is 92.3. The van der Waals surface area contributed by atoms with Gasteiger partial charge in [-0.3, -0.25) is 52.7 Å². The van der Waals surface area contributed by atoms with E-state index in [9.17, 15) is 98.4 Å². The number of aliphatic hydroxyl groups is 8. The van der Waals surface area contributed by atoms with Crippen LogP contribution in [0.15, 0.2) is 96.7 Å². The molecule has 7 aliphatic rings. The summed E-state index contributed by atoms with van der Waals surface area (Å²) in [5.74, 6) is -16.5. The molecule has 34 heteroatoms. The first-order chi connectivity index (χ1) is 53.0. The van der Waals surface area contributed by atoms with E-state index in [1.54, 1.807) is 30.4 Å². The number of rotatable bonds is 18. The van der Waals surface area contributed by atoms with Crippen molar-refractivity contribution in [1.29, 1.82) is 0 Å². The molecule has 0 aliphatic carbocycles. The maximum Gasteiger partial charge on any atom is 0.331 e. The van der Waals surface area contributed by atoms with Gasteiger partial charge in [0.15, 0.2) is 29.8 Å². The number of amides is 9. The molecule has 622 valence electrons. The molecule has 0 saturated carbocycles. The molecular weight excluding hydrogens is 1460 g/mol.